The lowest BCUT2D eigenvalue weighted by molar-refractivity contribution is -0.117. The van der Waals surface area contributed by atoms with Gasteiger partial charge in [-0.25, -0.2) is 0 Å². The summed E-state index contributed by atoms with van der Waals surface area (Å²) in [5.74, 6) is 0.143. The van der Waals surface area contributed by atoms with Crippen LogP contribution < -0.4 is 10.6 Å². The zero-order valence-corrected chi connectivity index (χ0v) is 12.8. The Hall–Kier alpha value is -2.10. The van der Waals surface area contributed by atoms with Gasteiger partial charge >= 0.3 is 0 Å². The minimum Gasteiger partial charge on any atom is -0.359 e. The number of ketones is 1. The van der Waals surface area contributed by atoms with Crippen LogP contribution in [0.4, 0.5) is 11.4 Å². The van der Waals surface area contributed by atoms with Gasteiger partial charge in [0.2, 0.25) is 5.91 Å². The molecule has 21 heavy (non-hydrogen) atoms. The first-order chi connectivity index (χ1) is 9.88. The molecule has 0 bridgehead atoms. The van der Waals surface area contributed by atoms with Crippen LogP contribution in [0.5, 0.6) is 0 Å². The topological polar surface area (TPSA) is 58.2 Å². The molecule has 0 aromatic heterocycles. The largest absolute Gasteiger partial charge is 0.359 e. The molecule has 1 amide bonds. The number of hydrogen-bond donors (Lipinski definition) is 2. The quantitative estimate of drug-likeness (QED) is 0.887. The predicted molar refractivity (Wildman–Crippen MR) is 85.1 cm³/mol. The Kier molecular flexibility index (Phi) is 4.46. The van der Waals surface area contributed by atoms with Gasteiger partial charge in [-0.3, -0.25) is 9.59 Å². The molecule has 0 atom stereocenters. The van der Waals surface area contributed by atoms with Gasteiger partial charge in [0, 0.05) is 36.0 Å². The van der Waals surface area contributed by atoms with E-state index in [-0.39, 0.29) is 17.1 Å². The number of nitrogens with one attached hydrogen (secondary N) is 2. The van der Waals surface area contributed by atoms with Crippen molar-refractivity contribution in [2.45, 2.75) is 40.0 Å². The molecule has 0 fully saturated rings. The summed E-state index contributed by atoms with van der Waals surface area (Å²) in [7, 11) is 0. The zero-order chi connectivity index (χ0) is 15.5. The lowest BCUT2D eigenvalue weighted by Gasteiger charge is -2.29. The molecule has 0 spiro atoms. The molecule has 1 aliphatic carbocycles. The fourth-order valence-corrected chi connectivity index (χ4v) is 2.54. The van der Waals surface area contributed by atoms with Crippen molar-refractivity contribution in [2.24, 2.45) is 5.41 Å². The second kappa shape index (κ2) is 6.12. The minimum absolute atomic E-state index is 0.0117. The molecule has 0 heterocycles. The number of hydrogen-bond acceptors (Lipinski definition) is 3. The first-order valence-corrected chi connectivity index (χ1v) is 7.28. The van der Waals surface area contributed by atoms with Crippen molar-refractivity contribution in [1.82, 2.24) is 0 Å². The second-order valence-corrected chi connectivity index (χ2v) is 6.26. The average Bonchev–Trinajstić information content (AvgIpc) is 2.36. The highest BCUT2D eigenvalue weighted by molar-refractivity contribution is 5.93. The number of carbonyl (C=O) groups is 2. The second-order valence-electron chi connectivity index (χ2n) is 6.26. The van der Waals surface area contributed by atoms with E-state index in [1.54, 1.807) is 6.08 Å². The summed E-state index contributed by atoms with van der Waals surface area (Å²) in [6.45, 7) is 6.01. The Morgan fingerprint density at radius 2 is 1.95 bits per heavy atom. The minimum atomic E-state index is -0.0136. The van der Waals surface area contributed by atoms with Gasteiger partial charge in [-0.1, -0.05) is 26.8 Å². The first-order valence-electron chi connectivity index (χ1n) is 7.28. The number of allylic oxidation sites excluding steroid dienone is 2. The Morgan fingerprint density at radius 1 is 1.24 bits per heavy atom. The average molecular weight is 286 g/mol. The molecule has 0 saturated heterocycles. The molecule has 112 valence electrons. The van der Waals surface area contributed by atoms with Crippen molar-refractivity contribution in [3.63, 3.8) is 0 Å². The highest BCUT2D eigenvalue weighted by Gasteiger charge is 2.27. The zero-order valence-electron chi connectivity index (χ0n) is 12.8. The third-order valence-electron chi connectivity index (χ3n) is 3.43. The van der Waals surface area contributed by atoms with Crippen LogP contribution in [0.25, 0.3) is 0 Å². The van der Waals surface area contributed by atoms with E-state index in [4.69, 9.17) is 0 Å². The molecule has 1 aliphatic rings. The van der Waals surface area contributed by atoms with E-state index in [1.165, 1.54) is 0 Å². The van der Waals surface area contributed by atoms with E-state index in [0.29, 0.717) is 12.8 Å². The van der Waals surface area contributed by atoms with E-state index in [0.717, 1.165) is 23.5 Å². The van der Waals surface area contributed by atoms with Crippen molar-refractivity contribution in [2.75, 3.05) is 10.6 Å². The van der Waals surface area contributed by atoms with Crippen LogP contribution in [0.2, 0.25) is 0 Å². The van der Waals surface area contributed by atoms with Gasteiger partial charge in [-0.15, -0.1) is 0 Å². The van der Waals surface area contributed by atoms with E-state index in [1.807, 2.05) is 31.2 Å². The van der Waals surface area contributed by atoms with Gasteiger partial charge in [0.25, 0.3) is 0 Å². The fourth-order valence-electron chi connectivity index (χ4n) is 2.54. The third kappa shape index (κ3) is 4.45. The normalized spacial score (nSPS) is 17.1. The molecule has 0 saturated carbocycles. The molecule has 0 radical (unpaired) electrons. The maximum atomic E-state index is 11.8. The summed E-state index contributed by atoms with van der Waals surface area (Å²) in [6, 6.07) is 7.53. The molecule has 0 unspecified atom stereocenters. The SMILES string of the molecule is CCC(=O)Nc1cccc(NC2=CC(=O)CC(C)(C)C2)c1. The summed E-state index contributed by atoms with van der Waals surface area (Å²) in [5.41, 5.74) is 2.55. The highest BCUT2D eigenvalue weighted by Crippen LogP contribution is 2.34. The van der Waals surface area contributed by atoms with Gasteiger partial charge in [-0.05, 0) is 30.0 Å². The van der Waals surface area contributed by atoms with Gasteiger partial charge < -0.3 is 10.6 Å². The van der Waals surface area contributed by atoms with Crippen LogP contribution in [0, 0.1) is 5.41 Å². The molecular formula is C17H22N2O2. The molecule has 2 rings (SSSR count). The van der Waals surface area contributed by atoms with Gasteiger partial charge in [0.05, 0.1) is 0 Å². The highest BCUT2D eigenvalue weighted by atomic mass is 16.1. The summed E-state index contributed by atoms with van der Waals surface area (Å²) in [6.07, 6.45) is 3.56. The maximum Gasteiger partial charge on any atom is 0.224 e. The van der Waals surface area contributed by atoms with Crippen LogP contribution in [-0.2, 0) is 9.59 Å². The van der Waals surface area contributed by atoms with Gasteiger partial charge in [0.1, 0.15) is 0 Å². The van der Waals surface area contributed by atoms with E-state index < -0.39 is 0 Å². The van der Waals surface area contributed by atoms with Crippen molar-refractivity contribution in [1.29, 1.82) is 0 Å². The summed E-state index contributed by atoms with van der Waals surface area (Å²) < 4.78 is 0. The van der Waals surface area contributed by atoms with Crippen molar-refractivity contribution in [3.8, 4) is 0 Å². The van der Waals surface area contributed by atoms with Gasteiger partial charge in [-0.2, -0.15) is 0 Å². The standard InChI is InChI=1S/C17H22N2O2/c1-4-16(21)19-13-7-5-6-12(8-13)18-14-9-15(20)11-17(2,3)10-14/h5-9,18H,4,10-11H2,1-3H3,(H,19,21). The molecule has 0 aliphatic heterocycles. The molecular weight excluding hydrogens is 264 g/mol. The number of rotatable bonds is 4. The number of carbonyl (C=O) groups excluding carboxylic acids is 2. The van der Waals surface area contributed by atoms with Crippen LogP contribution >= 0.6 is 0 Å². The van der Waals surface area contributed by atoms with Crippen LogP contribution in [0.3, 0.4) is 0 Å². The lowest BCUT2D eigenvalue weighted by atomic mass is 9.79. The van der Waals surface area contributed by atoms with E-state index >= 15 is 0 Å². The number of anilines is 2. The Morgan fingerprint density at radius 3 is 2.62 bits per heavy atom. The molecule has 1 aromatic carbocycles. The van der Waals surface area contributed by atoms with Crippen LogP contribution in [0.15, 0.2) is 36.0 Å². The summed E-state index contributed by atoms with van der Waals surface area (Å²) in [4.78, 5) is 23.2. The Balaban J connectivity index is 2.11. The number of amides is 1. The Labute approximate surface area is 125 Å². The Bertz CT molecular complexity index is 588. The monoisotopic (exact) mass is 286 g/mol. The molecule has 1 aromatic rings. The molecule has 4 heteroatoms. The van der Waals surface area contributed by atoms with Crippen LogP contribution in [0.1, 0.15) is 40.0 Å². The maximum absolute atomic E-state index is 11.8. The van der Waals surface area contributed by atoms with Crippen LogP contribution in [-0.4, -0.2) is 11.7 Å². The van der Waals surface area contributed by atoms with E-state index in [9.17, 15) is 9.59 Å². The summed E-state index contributed by atoms with van der Waals surface area (Å²) in [5, 5.41) is 6.12. The first kappa shape index (κ1) is 15.3. The van der Waals surface area contributed by atoms with Gasteiger partial charge in [0.15, 0.2) is 5.78 Å². The lowest BCUT2D eigenvalue weighted by Crippen LogP contribution is -2.24. The molecule has 2 N–H and O–H groups in total. The van der Waals surface area contributed by atoms with E-state index in [2.05, 4.69) is 24.5 Å². The third-order valence-corrected chi connectivity index (χ3v) is 3.43. The smallest absolute Gasteiger partial charge is 0.224 e. The fraction of sp³-hybridized carbons (Fsp3) is 0.412. The summed E-state index contributed by atoms with van der Waals surface area (Å²) >= 11 is 0. The number of benzene rings is 1. The van der Waals surface area contributed by atoms with Crippen molar-refractivity contribution >= 4 is 23.1 Å². The molecule has 4 nitrogen and oxygen atoms in total. The van der Waals surface area contributed by atoms with Crippen molar-refractivity contribution < 1.29 is 9.59 Å². The van der Waals surface area contributed by atoms with Crippen molar-refractivity contribution in [3.05, 3.63) is 36.0 Å². The predicted octanol–water partition coefficient (Wildman–Crippen LogP) is 3.72.